The lowest BCUT2D eigenvalue weighted by molar-refractivity contribution is -0.126. The van der Waals surface area contributed by atoms with Gasteiger partial charge in [0.15, 0.2) is 5.13 Å². The second-order valence-corrected chi connectivity index (χ2v) is 5.04. The second kappa shape index (κ2) is 4.61. The predicted molar refractivity (Wildman–Crippen MR) is 61.2 cm³/mol. The number of aryl methyl sites for hydroxylation is 1. The van der Waals surface area contributed by atoms with Gasteiger partial charge in [0, 0.05) is 24.0 Å². The summed E-state index contributed by atoms with van der Waals surface area (Å²) in [6, 6.07) is 0. The van der Waals surface area contributed by atoms with Gasteiger partial charge in [-0.1, -0.05) is 0 Å². The van der Waals surface area contributed by atoms with Crippen LogP contribution in [-0.4, -0.2) is 23.3 Å². The molecule has 0 bridgehead atoms. The van der Waals surface area contributed by atoms with Crippen molar-refractivity contribution in [2.45, 2.75) is 19.8 Å². The Morgan fingerprint density at radius 2 is 2.50 bits per heavy atom. The van der Waals surface area contributed by atoms with E-state index in [-0.39, 0.29) is 17.7 Å². The average molecular weight is 239 g/mol. The molecule has 2 amide bonds. The lowest BCUT2D eigenvalue weighted by atomic mass is 9.98. The van der Waals surface area contributed by atoms with Crippen LogP contribution >= 0.6 is 11.3 Å². The summed E-state index contributed by atoms with van der Waals surface area (Å²) < 4.78 is 0. The molecule has 2 heterocycles. The van der Waals surface area contributed by atoms with E-state index >= 15 is 0 Å². The standard InChI is InChI=1S/C10H13N3O2S/c1-6-4-12-10(16-6)13-9(15)7-2-3-8(14)11-5-7/h4,7H,2-3,5H2,1H3,(H,11,14)(H,12,13,15). The van der Waals surface area contributed by atoms with Crippen molar-refractivity contribution in [3.63, 3.8) is 0 Å². The van der Waals surface area contributed by atoms with Gasteiger partial charge in [-0.05, 0) is 13.3 Å². The smallest absolute Gasteiger partial charge is 0.231 e. The van der Waals surface area contributed by atoms with E-state index in [0.29, 0.717) is 24.5 Å². The number of carbonyl (C=O) groups is 2. The lowest BCUT2D eigenvalue weighted by Gasteiger charge is -2.20. The van der Waals surface area contributed by atoms with Gasteiger partial charge in [-0.15, -0.1) is 11.3 Å². The quantitative estimate of drug-likeness (QED) is 0.806. The Labute approximate surface area is 97.3 Å². The van der Waals surface area contributed by atoms with Crippen LogP contribution in [0.25, 0.3) is 0 Å². The number of rotatable bonds is 2. The van der Waals surface area contributed by atoms with Gasteiger partial charge in [-0.25, -0.2) is 4.98 Å². The number of carbonyl (C=O) groups excluding carboxylic acids is 2. The van der Waals surface area contributed by atoms with Crippen molar-refractivity contribution in [3.8, 4) is 0 Å². The van der Waals surface area contributed by atoms with E-state index in [1.54, 1.807) is 6.20 Å². The summed E-state index contributed by atoms with van der Waals surface area (Å²) in [5.74, 6) is -0.176. The van der Waals surface area contributed by atoms with Crippen LogP contribution in [-0.2, 0) is 9.59 Å². The fourth-order valence-corrected chi connectivity index (χ4v) is 2.24. The van der Waals surface area contributed by atoms with Crippen LogP contribution in [0.4, 0.5) is 5.13 Å². The molecule has 0 spiro atoms. The van der Waals surface area contributed by atoms with Crippen molar-refractivity contribution < 1.29 is 9.59 Å². The van der Waals surface area contributed by atoms with Gasteiger partial charge in [0.2, 0.25) is 11.8 Å². The number of hydrogen-bond donors (Lipinski definition) is 2. The number of nitrogens with one attached hydrogen (secondary N) is 2. The molecular weight excluding hydrogens is 226 g/mol. The molecule has 0 aliphatic carbocycles. The number of piperidine rings is 1. The molecule has 2 rings (SSSR count). The van der Waals surface area contributed by atoms with Crippen molar-refractivity contribution in [3.05, 3.63) is 11.1 Å². The summed E-state index contributed by atoms with van der Waals surface area (Å²) in [5.41, 5.74) is 0. The molecule has 1 unspecified atom stereocenters. The summed E-state index contributed by atoms with van der Waals surface area (Å²) in [4.78, 5) is 27.9. The molecular formula is C10H13N3O2S. The molecule has 0 radical (unpaired) electrons. The van der Waals surface area contributed by atoms with Crippen LogP contribution in [0, 0.1) is 12.8 Å². The molecule has 2 N–H and O–H groups in total. The molecule has 16 heavy (non-hydrogen) atoms. The van der Waals surface area contributed by atoms with E-state index in [2.05, 4.69) is 15.6 Å². The van der Waals surface area contributed by atoms with E-state index in [4.69, 9.17) is 0 Å². The Morgan fingerprint density at radius 3 is 3.06 bits per heavy atom. The number of thiazole rings is 1. The minimum Gasteiger partial charge on any atom is -0.355 e. The van der Waals surface area contributed by atoms with Crippen molar-refractivity contribution in [2.24, 2.45) is 5.92 Å². The normalized spacial score (nSPS) is 20.3. The van der Waals surface area contributed by atoms with Crippen molar-refractivity contribution in [1.82, 2.24) is 10.3 Å². The third kappa shape index (κ3) is 2.57. The summed E-state index contributed by atoms with van der Waals surface area (Å²) in [6.07, 6.45) is 2.76. The van der Waals surface area contributed by atoms with Crippen molar-refractivity contribution in [2.75, 3.05) is 11.9 Å². The van der Waals surface area contributed by atoms with E-state index in [1.807, 2.05) is 6.92 Å². The third-order valence-electron chi connectivity index (χ3n) is 2.49. The Morgan fingerprint density at radius 1 is 1.69 bits per heavy atom. The zero-order chi connectivity index (χ0) is 11.5. The maximum Gasteiger partial charge on any atom is 0.231 e. The van der Waals surface area contributed by atoms with Gasteiger partial charge in [-0.2, -0.15) is 0 Å². The molecule has 1 aliphatic heterocycles. The Bertz CT molecular complexity index is 406. The van der Waals surface area contributed by atoms with Gasteiger partial charge >= 0.3 is 0 Å². The number of amides is 2. The first-order valence-electron chi connectivity index (χ1n) is 5.15. The minimum atomic E-state index is -0.137. The van der Waals surface area contributed by atoms with Crippen LogP contribution < -0.4 is 10.6 Å². The fraction of sp³-hybridized carbons (Fsp3) is 0.500. The van der Waals surface area contributed by atoms with E-state index < -0.39 is 0 Å². The Balaban J connectivity index is 1.91. The van der Waals surface area contributed by atoms with E-state index in [9.17, 15) is 9.59 Å². The summed E-state index contributed by atoms with van der Waals surface area (Å²) in [7, 11) is 0. The van der Waals surface area contributed by atoms with Crippen LogP contribution in [0.2, 0.25) is 0 Å². The lowest BCUT2D eigenvalue weighted by Crippen LogP contribution is -2.40. The zero-order valence-electron chi connectivity index (χ0n) is 8.95. The van der Waals surface area contributed by atoms with Crippen LogP contribution in [0.1, 0.15) is 17.7 Å². The van der Waals surface area contributed by atoms with Gasteiger partial charge in [0.05, 0.1) is 5.92 Å². The van der Waals surface area contributed by atoms with Gasteiger partial charge < -0.3 is 10.6 Å². The molecule has 86 valence electrons. The SMILES string of the molecule is Cc1cnc(NC(=O)C2CCC(=O)NC2)s1. The highest BCUT2D eigenvalue weighted by molar-refractivity contribution is 7.15. The molecule has 0 saturated carbocycles. The first-order chi connectivity index (χ1) is 7.65. The summed E-state index contributed by atoms with van der Waals surface area (Å²) in [6.45, 7) is 2.36. The number of hydrogen-bond acceptors (Lipinski definition) is 4. The highest BCUT2D eigenvalue weighted by Crippen LogP contribution is 2.19. The van der Waals surface area contributed by atoms with Crippen molar-refractivity contribution >= 4 is 28.3 Å². The predicted octanol–water partition coefficient (Wildman–Crippen LogP) is 0.916. The third-order valence-corrected chi connectivity index (χ3v) is 3.32. The van der Waals surface area contributed by atoms with Gasteiger partial charge in [-0.3, -0.25) is 9.59 Å². The summed E-state index contributed by atoms with van der Waals surface area (Å²) >= 11 is 1.45. The van der Waals surface area contributed by atoms with Gasteiger partial charge in [0.25, 0.3) is 0 Å². The molecule has 1 atom stereocenters. The fourth-order valence-electron chi connectivity index (χ4n) is 1.58. The van der Waals surface area contributed by atoms with Crippen LogP contribution in [0.15, 0.2) is 6.20 Å². The molecule has 1 aliphatic rings. The van der Waals surface area contributed by atoms with Crippen LogP contribution in [0.3, 0.4) is 0 Å². The van der Waals surface area contributed by atoms with Gasteiger partial charge in [0.1, 0.15) is 0 Å². The second-order valence-electron chi connectivity index (χ2n) is 3.80. The molecule has 1 aromatic rings. The number of nitrogens with zero attached hydrogens (tertiary/aromatic N) is 1. The maximum absolute atomic E-state index is 11.8. The Hall–Kier alpha value is -1.43. The topological polar surface area (TPSA) is 71.1 Å². The molecule has 0 aromatic carbocycles. The minimum absolute atomic E-state index is 0.0224. The highest BCUT2D eigenvalue weighted by Gasteiger charge is 2.24. The zero-order valence-corrected chi connectivity index (χ0v) is 9.76. The first-order valence-corrected chi connectivity index (χ1v) is 5.97. The Kier molecular flexibility index (Phi) is 3.19. The summed E-state index contributed by atoms with van der Waals surface area (Å²) in [5, 5.41) is 6.08. The number of aromatic nitrogens is 1. The molecule has 1 fully saturated rings. The average Bonchev–Trinajstić information content (AvgIpc) is 2.65. The largest absolute Gasteiger partial charge is 0.355 e. The van der Waals surface area contributed by atoms with E-state index in [0.717, 1.165) is 4.88 Å². The monoisotopic (exact) mass is 239 g/mol. The molecule has 6 heteroatoms. The van der Waals surface area contributed by atoms with Crippen molar-refractivity contribution in [1.29, 1.82) is 0 Å². The van der Waals surface area contributed by atoms with Crippen LogP contribution in [0.5, 0.6) is 0 Å². The highest BCUT2D eigenvalue weighted by atomic mass is 32.1. The van der Waals surface area contributed by atoms with E-state index in [1.165, 1.54) is 11.3 Å². The molecule has 5 nitrogen and oxygen atoms in total. The first kappa shape index (κ1) is 11.1. The molecule has 1 saturated heterocycles. The maximum atomic E-state index is 11.8. The number of anilines is 1. The molecule has 1 aromatic heterocycles.